The fraction of sp³-hybridized carbons (Fsp3) is 0.154. The van der Waals surface area contributed by atoms with Gasteiger partial charge in [-0.2, -0.15) is 0 Å². The summed E-state index contributed by atoms with van der Waals surface area (Å²) in [4.78, 5) is 16.8. The van der Waals surface area contributed by atoms with E-state index in [1.165, 1.54) is 22.3 Å². The maximum atomic E-state index is 4.92. The van der Waals surface area contributed by atoms with Gasteiger partial charge in [0.2, 0.25) is 0 Å². The van der Waals surface area contributed by atoms with E-state index in [1.54, 1.807) is 0 Å². The van der Waals surface area contributed by atoms with Crippen LogP contribution in [0.25, 0.3) is 46.6 Å². The van der Waals surface area contributed by atoms with Crippen molar-refractivity contribution in [1.82, 2.24) is 19.9 Å². The van der Waals surface area contributed by atoms with Crippen molar-refractivity contribution in [3.05, 3.63) is 81.3 Å². The minimum atomic E-state index is 0.981. The van der Waals surface area contributed by atoms with Crippen LogP contribution in [-0.4, -0.2) is 19.9 Å². The molecule has 30 heavy (non-hydrogen) atoms. The average Bonchev–Trinajstić information content (AvgIpc) is 3.14. The van der Waals surface area contributed by atoms with E-state index >= 15 is 0 Å². The summed E-state index contributed by atoms with van der Waals surface area (Å²) in [6.45, 7) is 8.52. The number of nitrogens with one attached hydrogen (secondary N) is 2. The molecule has 0 amide bonds. The van der Waals surface area contributed by atoms with Crippen molar-refractivity contribution in [3.63, 3.8) is 0 Å². The maximum Gasteiger partial charge on any atom is 0.0691 e. The van der Waals surface area contributed by atoms with Gasteiger partial charge in [0.05, 0.1) is 22.8 Å². The lowest BCUT2D eigenvalue weighted by molar-refractivity contribution is 1.17. The lowest BCUT2D eigenvalue weighted by Gasteiger charge is -2.00. The van der Waals surface area contributed by atoms with Gasteiger partial charge in [0.15, 0.2) is 0 Å². The van der Waals surface area contributed by atoms with Gasteiger partial charge in [0.25, 0.3) is 0 Å². The number of aromatic nitrogens is 4. The molecule has 4 aliphatic rings. The highest BCUT2D eigenvalue weighted by molar-refractivity contribution is 5.93. The Hall–Kier alpha value is -3.66. The van der Waals surface area contributed by atoms with Crippen LogP contribution in [0.15, 0.2) is 36.4 Å². The van der Waals surface area contributed by atoms with Gasteiger partial charge in [0, 0.05) is 22.1 Å². The van der Waals surface area contributed by atoms with Crippen LogP contribution in [0, 0.1) is 0 Å². The van der Waals surface area contributed by atoms with Gasteiger partial charge in [0.1, 0.15) is 0 Å². The van der Waals surface area contributed by atoms with Gasteiger partial charge in [-0.3, -0.25) is 0 Å². The highest BCUT2D eigenvalue weighted by Crippen LogP contribution is 2.32. The second kappa shape index (κ2) is 6.99. The molecule has 2 N–H and O–H groups in total. The van der Waals surface area contributed by atoms with Crippen LogP contribution in [-0.2, 0) is 0 Å². The third-order valence-corrected chi connectivity index (χ3v) is 5.99. The summed E-state index contributed by atoms with van der Waals surface area (Å²) in [7, 11) is 0. The number of rotatable bonds is 0. The number of hydrogen-bond donors (Lipinski definition) is 2. The topological polar surface area (TPSA) is 57.4 Å². The molecule has 1 aromatic heterocycles. The summed E-state index contributed by atoms with van der Waals surface area (Å²) in [5.41, 5.74) is 10.8. The van der Waals surface area contributed by atoms with Crippen molar-refractivity contribution >= 4 is 46.6 Å². The summed E-state index contributed by atoms with van der Waals surface area (Å²) in [6.07, 6.45) is 12.4. The predicted octanol–water partition coefficient (Wildman–Crippen LogP) is 4.65. The molecule has 0 atom stereocenters. The number of allylic oxidation sites excluding steroid dienone is 6. The molecule has 0 aromatic carbocycles. The lowest BCUT2D eigenvalue weighted by Crippen LogP contribution is -2.11. The lowest BCUT2D eigenvalue weighted by atomic mass is 10.1. The zero-order chi connectivity index (χ0) is 20.8. The van der Waals surface area contributed by atoms with Crippen molar-refractivity contribution in [1.29, 1.82) is 0 Å². The predicted molar refractivity (Wildman–Crippen MR) is 126 cm³/mol. The number of fused-ring (bicyclic) bond motifs is 8. The smallest absolute Gasteiger partial charge is 0.0691 e. The van der Waals surface area contributed by atoms with Crippen molar-refractivity contribution in [2.75, 3.05) is 0 Å². The number of aromatic amines is 2. The molecule has 0 spiro atoms. The van der Waals surface area contributed by atoms with Gasteiger partial charge in [-0.1, -0.05) is 12.2 Å². The highest BCUT2D eigenvalue weighted by atomic mass is 14.8. The van der Waals surface area contributed by atoms with Crippen LogP contribution in [0.1, 0.15) is 61.9 Å². The Morgan fingerprint density at radius 2 is 0.967 bits per heavy atom. The second-order valence-corrected chi connectivity index (χ2v) is 7.96. The van der Waals surface area contributed by atoms with Gasteiger partial charge >= 0.3 is 0 Å². The molecular weight excluding hydrogens is 368 g/mol. The number of hydrogen-bond acceptors (Lipinski definition) is 2. The van der Waals surface area contributed by atoms with E-state index in [4.69, 9.17) is 9.97 Å². The first kappa shape index (κ1) is 18.4. The Labute approximate surface area is 175 Å². The molecule has 0 saturated heterocycles. The molecule has 4 nitrogen and oxygen atoms in total. The molecule has 0 unspecified atom stereocenters. The third-order valence-electron chi connectivity index (χ3n) is 5.99. The minimum absolute atomic E-state index is 0.981. The van der Waals surface area contributed by atoms with Crippen LogP contribution in [0.4, 0.5) is 0 Å². The summed E-state index contributed by atoms with van der Waals surface area (Å²) >= 11 is 0. The number of H-pyrrole nitrogens is 2. The molecule has 4 aliphatic heterocycles. The zero-order valence-corrected chi connectivity index (χ0v) is 17.7. The first-order chi connectivity index (χ1) is 14.5. The Morgan fingerprint density at radius 1 is 0.533 bits per heavy atom. The van der Waals surface area contributed by atoms with Crippen molar-refractivity contribution < 1.29 is 0 Å². The Bertz CT molecular complexity index is 1420. The largest absolute Gasteiger partial charge is 0.355 e. The van der Waals surface area contributed by atoms with E-state index in [2.05, 4.69) is 98.4 Å². The molecule has 148 valence electrons. The Morgan fingerprint density at radius 3 is 1.53 bits per heavy atom. The fourth-order valence-corrected chi connectivity index (χ4v) is 3.86. The summed E-state index contributed by atoms with van der Waals surface area (Å²) < 4.78 is 0. The molecule has 4 heteroatoms. The molecule has 0 aliphatic carbocycles. The minimum Gasteiger partial charge on any atom is -0.355 e. The van der Waals surface area contributed by atoms with Gasteiger partial charge in [-0.05, 0) is 98.6 Å². The summed E-state index contributed by atoms with van der Waals surface area (Å²) in [6, 6.07) is 8.44. The van der Waals surface area contributed by atoms with Crippen LogP contribution in [0.2, 0.25) is 0 Å². The van der Waals surface area contributed by atoms with Crippen LogP contribution >= 0.6 is 0 Å². The molecule has 0 fully saturated rings. The second-order valence-electron chi connectivity index (χ2n) is 7.96. The average molecular weight is 393 g/mol. The third kappa shape index (κ3) is 3.20. The highest BCUT2D eigenvalue weighted by Gasteiger charge is 2.16. The standard InChI is InChI=1S/C26H24N4/c1-15-17(3)25-14-26-18(4)16(2)24(30-26)13-22-10-6-8-20(28-22)11-19-7-5-9-21(27-19)12-23(15)29-25/h5-14,27-28H,1-4H3. The van der Waals surface area contributed by atoms with E-state index in [9.17, 15) is 0 Å². The SMILES string of the molecule is CC1=C(C)c2cc3[nH]c(cc4[nH]c(cc5nc(cc1n2)C(C)=C5C)=CC=C4)=CC=C3. The molecular formula is C26H24N4. The Kier molecular flexibility index (Phi) is 4.28. The maximum absolute atomic E-state index is 4.92. The van der Waals surface area contributed by atoms with E-state index in [-0.39, 0.29) is 0 Å². The van der Waals surface area contributed by atoms with Gasteiger partial charge in [-0.25, -0.2) is 9.97 Å². The summed E-state index contributed by atoms with van der Waals surface area (Å²) in [5.74, 6) is 0. The quantitative estimate of drug-likeness (QED) is 0.675. The number of nitrogens with zero attached hydrogens (tertiary/aromatic N) is 2. The van der Waals surface area contributed by atoms with E-state index in [0.29, 0.717) is 0 Å². The normalized spacial score (nSPS) is 15.3. The molecule has 8 bridgehead atoms. The molecule has 1 aromatic rings. The zero-order valence-electron chi connectivity index (χ0n) is 17.7. The molecule has 0 radical (unpaired) electrons. The molecule has 0 saturated carbocycles. The first-order valence-corrected chi connectivity index (χ1v) is 10.2. The van der Waals surface area contributed by atoms with E-state index < -0.39 is 0 Å². The monoisotopic (exact) mass is 392 g/mol. The van der Waals surface area contributed by atoms with Crippen molar-refractivity contribution in [3.8, 4) is 0 Å². The Balaban J connectivity index is 1.92. The van der Waals surface area contributed by atoms with E-state index in [0.717, 1.165) is 44.9 Å². The van der Waals surface area contributed by atoms with Gasteiger partial charge < -0.3 is 9.97 Å². The molecule has 5 heterocycles. The fourth-order valence-electron chi connectivity index (χ4n) is 3.86. The van der Waals surface area contributed by atoms with Crippen LogP contribution in [0.3, 0.4) is 0 Å². The van der Waals surface area contributed by atoms with Crippen LogP contribution < -0.4 is 10.7 Å². The van der Waals surface area contributed by atoms with Gasteiger partial charge in [-0.15, -0.1) is 0 Å². The van der Waals surface area contributed by atoms with Crippen LogP contribution in [0.5, 0.6) is 0 Å². The molecule has 5 rings (SSSR count). The van der Waals surface area contributed by atoms with E-state index in [1.807, 2.05) is 0 Å². The summed E-state index contributed by atoms with van der Waals surface area (Å²) in [5, 5.41) is 2.05. The van der Waals surface area contributed by atoms with Crippen molar-refractivity contribution in [2.24, 2.45) is 0 Å². The van der Waals surface area contributed by atoms with Crippen molar-refractivity contribution in [2.45, 2.75) is 27.7 Å². The first-order valence-electron chi connectivity index (χ1n) is 10.2.